The van der Waals surface area contributed by atoms with E-state index < -0.39 is 0 Å². The normalized spacial score (nSPS) is 10.7. The second kappa shape index (κ2) is 7.80. The van der Waals surface area contributed by atoms with Gasteiger partial charge in [0.1, 0.15) is 5.75 Å². The third-order valence-corrected chi connectivity index (χ3v) is 5.00. The number of carbonyl (C=O) groups excluding carboxylic acids is 1. The number of benzene rings is 2. The molecular weight excluding hydrogens is 388 g/mol. The van der Waals surface area contributed by atoms with Crippen molar-refractivity contribution in [3.63, 3.8) is 0 Å². The number of nitrogens with zero attached hydrogens (tertiary/aromatic N) is 5. The molecule has 29 heavy (non-hydrogen) atoms. The van der Waals surface area contributed by atoms with Gasteiger partial charge in [-0.15, -0.1) is 5.10 Å². The lowest BCUT2D eigenvalue weighted by molar-refractivity contribution is 0.102. The van der Waals surface area contributed by atoms with Crippen molar-refractivity contribution in [2.75, 3.05) is 12.4 Å². The molecule has 0 bridgehead atoms. The molecule has 0 fully saturated rings. The van der Waals surface area contributed by atoms with Gasteiger partial charge in [0.25, 0.3) is 5.91 Å². The Bertz CT molecular complexity index is 1170. The SMILES string of the molecule is COc1cccc(-n2nnc(-c3nsc(NC(=O)c4ccc(C)cc4)n3)c2C)c1. The van der Waals surface area contributed by atoms with Crippen LogP contribution in [0.1, 0.15) is 21.6 Å². The topological polar surface area (TPSA) is 94.8 Å². The largest absolute Gasteiger partial charge is 0.497 e. The van der Waals surface area contributed by atoms with Crippen LogP contribution in [0.3, 0.4) is 0 Å². The monoisotopic (exact) mass is 406 g/mol. The van der Waals surface area contributed by atoms with Crippen LogP contribution in [-0.2, 0) is 0 Å². The van der Waals surface area contributed by atoms with E-state index in [1.807, 2.05) is 50.2 Å². The molecule has 0 aliphatic carbocycles. The summed E-state index contributed by atoms with van der Waals surface area (Å²) < 4.78 is 11.3. The van der Waals surface area contributed by atoms with E-state index in [2.05, 4.69) is 25.0 Å². The zero-order valence-corrected chi connectivity index (χ0v) is 16.9. The molecule has 2 aromatic carbocycles. The number of methoxy groups -OCH3 is 1. The number of anilines is 1. The number of rotatable bonds is 5. The number of aryl methyl sites for hydroxylation is 1. The fourth-order valence-electron chi connectivity index (χ4n) is 2.77. The summed E-state index contributed by atoms with van der Waals surface area (Å²) in [5.41, 5.74) is 3.82. The summed E-state index contributed by atoms with van der Waals surface area (Å²) in [4.78, 5) is 16.8. The molecule has 146 valence electrons. The van der Waals surface area contributed by atoms with Crippen LogP contribution in [-0.4, -0.2) is 37.4 Å². The van der Waals surface area contributed by atoms with Gasteiger partial charge in [-0.2, -0.15) is 9.36 Å². The number of carbonyl (C=O) groups is 1. The molecule has 0 saturated heterocycles. The maximum atomic E-state index is 12.4. The van der Waals surface area contributed by atoms with E-state index >= 15 is 0 Å². The zero-order chi connectivity index (χ0) is 20.4. The Kier molecular flexibility index (Phi) is 5.05. The van der Waals surface area contributed by atoms with Crippen molar-refractivity contribution in [2.45, 2.75) is 13.8 Å². The molecule has 4 rings (SSSR count). The molecule has 2 aromatic heterocycles. The lowest BCUT2D eigenvalue weighted by atomic mass is 10.1. The summed E-state index contributed by atoms with van der Waals surface area (Å²) in [7, 11) is 1.62. The fourth-order valence-corrected chi connectivity index (χ4v) is 3.33. The van der Waals surface area contributed by atoms with Gasteiger partial charge in [0, 0.05) is 23.2 Å². The third kappa shape index (κ3) is 3.85. The Balaban J connectivity index is 1.56. The summed E-state index contributed by atoms with van der Waals surface area (Å²) in [5, 5.41) is 11.6. The van der Waals surface area contributed by atoms with Crippen LogP contribution in [0.2, 0.25) is 0 Å². The number of aromatic nitrogens is 5. The predicted molar refractivity (Wildman–Crippen MR) is 111 cm³/mol. The molecule has 0 saturated carbocycles. The highest BCUT2D eigenvalue weighted by atomic mass is 32.1. The molecule has 0 atom stereocenters. The Morgan fingerprint density at radius 3 is 2.69 bits per heavy atom. The third-order valence-electron chi connectivity index (χ3n) is 4.36. The average molecular weight is 406 g/mol. The molecule has 1 N–H and O–H groups in total. The molecule has 1 amide bonds. The zero-order valence-electron chi connectivity index (χ0n) is 16.1. The van der Waals surface area contributed by atoms with Crippen molar-refractivity contribution < 1.29 is 9.53 Å². The van der Waals surface area contributed by atoms with E-state index in [9.17, 15) is 4.79 Å². The standard InChI is InChI=1S/C20H18N6O2S/c1-12-7-9-14(10-8-12)19(27)22-20-21-18(24-29-20)17-13(2)26(25-23-17)15-5-4-6-16(11-15)28-3/h4-11H,1-3H3,(H,21,22,24,27). The Labute approximate surface area is 171 Å². The highest BCUT2D eigenvalue weighted by molar-refractivity contribution is 7.10. The van der Waals surface area contributed by atoms with Crippen molar-refractivity contribution in [1.82, 2.24) is 24.4 Å². The van der Waals surface area contributed by atoms with Gasteiger partial charge in [-0.25, -0.2) is 4.68 Å². The molecule has 0 spiro atoms. The van der Waals surface area contributed by atoms with Crippen LogP contribution in [0.4, 0.5) is 5.13 Å². The average Bonchev–Trinajstić information content (AvgIpc) is 3.34. The molecule has 0 unspecified atom stereocenters. The summed E-state index contributed by atoms with van der Waals surface area (Å²) in [6.07, 6.45) is 0. The van der Waals surface area contributed by atoms with Crippen molar-refractivity contribution in [2.24, 2.45) is 0 Å². The van der Waals surface area contributed by atoms with Gasteiger partial charge in [-0.3, -0.25) is 10.1 Å². The van der Waals surface area contributed by atoms with Crippen molar-refractivity contribution in [1.29, 1.82) is 0 Å². The number of amides is 1. The van der Waals surface area contributed by atoms with Crippen LogP contribution in [0.25, 0.3) is 17.2 Å². The second-order valence-electron chi connectivity index (χ2n) is 6.38. The summed E-state index contributed by atoms with van der Waals surface area (Å²) in [6.45, 7) is 3.86. The second-order valence-corrected chi connectivity index (χ2v) is 7.13. The fraction of sp³-hybridized carbons (Fsp3) is 0.150. The molecule has 0 radical (unpaired) electrons. The highest BCUT2D eigenvalue weighted by Crippen LogP contribution is 2.25. The van der Waals surface area contributed by atoms with Gasteiger partial charge >= 0.3 is 0 Å². The first-order valence-corrected chi connectivity index (χ1v) is 9.61. The molecule has 9 heteroatoms. The Morgan fingerprint density at radius 1 is 1.14 bits per heavy atom. The number of hydrogen-bond acceptors (Lipinski definition) is 7. The van der Waals surface area contributed by atoms with E-state index in [1.165, 1.54) is 0 Å². The van der Waals surface area contributed by atoms with Gasteiger partial charge in [0.15, 0.2) is 11.5 Å². The molecule has 0 aliphatic rings. The predicted octanol–water partition coefficient (Wildman–Crippen LogP) is 3.66. The van der Waals surface area contributed by atoms with Crippen molar-refractivity contribution >= 4 is 22.6 Å². The van der Waals surface area contributed by atoms with E-state index in [1.54, 1.807) is 23.9 Å². The first-order chi connectivity index (χ1) is 14.0. The van der Waals surface area contributed by atoms with Gasteiger partial charge in [0.2, 0.25) is 5.13 Å². The van der Waals surface area contributed by atoms with E-state index in [4.69, 9.17) is 4.74 Å². The lowest BCUT2D eigenvalue weighted by Crippen LogP contribution is -2.11. The van der Waals surface area contributed by atoms with Crippen LogP contribution >= 0.6 is 11.5 Å². The minimum Gasteiger partial charge on any atom is -0.497 e. The first-order valence-electron chi connectivity index (χ1n) is 8.84. The van der Waals surface area contributed by atoms with E-state index in [0.717, 1.165) is 34.2 Å². The maximum Gasteiger partial charge on any atom is 0.257 e. The van der Waals surface area contributed by atoms with Crippen LogP contribution in [0, 0.1) is 13.8 Å². The summed E-state index contributed by atoms with van der Waals surface area (Å²) in [5.74, 6) is 0.914. The van der Waals surface area contributed by atoms with Gasteiger partial charge in [0.05, 0.1) is 18.5 Å². The minimum atomic E-state index is -0.232. The highest BCUT2D eigenvalue weighted by Gasteiger charge is 2.18. The molecule has 4 aromatic rings. The quantitative estimate of drug-likeness (QED) is 0.543. The molecular formula is C20H18N6O2S. The van der Waals surface area contributed by atoms with E-state index in [-0.39, 0.29) is 5.91 Å². The lowest BCUT2D eigenvalue weighted by Gasteiger charge is -2.05. The smallest absolute Gasteiger partial charge is 0.257 e. The van der Waals surface area contributed by atoms with Crippen LogP contribution < -0.4 is 10.1 Å². The molecule has 2 heterocycles. The Morgan fingerprint density at radius 2 is 1.93 bits per heavy atom. The van der Waals surface area contributed by atoms with Crippen molar-refractivity contribution in [3.8, 4) is 23.0 Å². The van der Waals surface area contributed by atoms with Crippen molar-refractivity contribution in [3.05, 3.63) is 65.4 Å². The van der Waals surface area contributed by atoms with Crippen LogP contribution in [0.5, 0.6) is 5.75 Å². The number of nitrogens with one attached hydrogen (secondary N) is 1. The minimum absolute atomic E-state index is 0.232. The molecule has 0 aliphatic heterocycles. The number of hydrogen-bond donors (Lipinski definition) is 1. The Hall–Kier alpha value is -3.59. The molecule has 8 nitrogen and oxygen atoms in total. The van der Waals surface area contributed by atoms with Gasteiger partial charge in [-0.1, -0.05) is 29.0 Å². The summed E-state index contributed by atoms with van der Waals surface area (Å²) in [6, 6.07) is 14.9. The first kappa shape index (κ1) is 18.8. The maximum absolute atomic E-state index is 12.4. The number of ether oxygens (including phenoxy) is 1. The van der Waals surface area contributed by atoms with Gasteiger partial charge < -0.3 is 4.74 Å². The summed E-state index contributed by atoms with van der Waals surface area (Å²) >= 11 is 1.10. The van der Waals surface area contributed by atoms with Gasteiger partial charge in [-0.05, 0) is 38.1 Å². The van der Waals surface area contributed by atoms with Crippen LogP contribution in [0.15, 0.2) is 48.5 Å². The van der Waals surface area contributed by atoms with E-state index in [0.29, 0.717) is 22.2 Å².